The Bertz CT molecular complexity index is 2490. The van der Waals surface area contributed by atoms with Crippen LogP contribution in [-0.2, 0) is 65.5 Å². The van der Waals surface area contributed by atoms with Crippen molar-refractivity contribution >= 4 is 63.4 Å². The average molecular weight is 935 g/mol. The Hall–Kier alpha value is -3.58. The number of hydrogen-bond acceptors (Lipinski definition) is 12. The van der Waals surface area contributed by atoms with Crippen LogP contribution in [0.3, 0.4) is 0 Å². The summed E-state index contributed by atoms with van der Waals surface area (Å²) < 4.78 is 143. The minimum atomic E-state index is -4.66. The summed E-state index contributed by atoms with van der Waals surface area (Å²) in [7, 11) is -14.5. The molecular formula is C39H56N3O15S4+. The molecule has 0 aromatic heterocycles. The molecule has 0 fully saturated rings. The van der Waals surface area contributed by atoms with Gasteiger partial charge in [0.15, 0.2) is 5.71 Å². The summed E-state index contributed by atoms with van der Waals surface area (Å²) in [6.45, 7) is 4.72. The van der Waals surface area contributed by atoms with E-state index in [1.165, 1.54) is 44.6 Å². The molecule has 0 aliphatic carbocycles. The number of rotatable bonds is 25. The second-order valence-electron chi connectivity index (χ2n) is 15.5. The van der Waals surface area contributed by atoms with Crippen LogP contribution < -0.4 is 9.62 Å². The van der Waals surface area contributed by atoms with E-state index >= 15 is 0 Å². The van der Waals surface area contributed by atoms with Gasteiger partial charge in [-0.25, -0.2) is 13.1 Å². The van der Waals surface area contributed by atoms with Crippen molar-refractivity contribution in [2.24, 2.45) is 0 Å². The van der Waals surface area contributed by atoms with Crippen molar-refractivity contribution in [3.63, 3.8) is 0 Å². The van der Waals surface area contributed by atoms with E-state index in [2.05, 4.69) is 4.72 Å². The Labute approximate surface area is 358 Å². The van der Waals surface area contributed by atoms with Crippen LogP contribution >= 0.6 is 0 Å². The van der Waals surface area contributed by atoms with Gasteiger partial charge < -0.3 is 19.5 Å². The number of sulfonamides is 1. The van der Waals surface area contributed by atoms with Gasteiger partial charge in [-0.3, -0.25) is 18.5 Å². The Morgan fingerprint density at radius 3 is 2.00 bits per heavy atom. The zero-order valence-corrected chi connectivity index (χ0v) is 37.9. The Kier molecular flexibility index (Phi) is 16.7. The van der Waals surface area contributed by atoms with Gasteiger partial charge in [-0.1, -0.05) is 6.08 Å². The van der Waals surface area contributed by atoms with E-state index in [-0.39, 0.29) is 74.0 Å². The van der Waals surface area contributed by atoms with Gasteiger partial charge in [0.05, 0.1) is 39.9 Å². The predicted octanol–water partition coefficient (Wildman–Crippen LogP) is 4.06. The third kappa shape index (κ3) is 12.8. The summed E-state index contributed by atoms with van der Waals surface area (Å²) in [5.41, 5.74) is 1.26. The van der Waals surface area contributed by atoms with Crippen LogP contribution in [-0.4, -0.2) is 127 Å². The molecule has 2 aliphatic rings. The van der Waals surface area contributed by atoms with Gasteiger partial charge in [0, 0.05) is 74.7 Å². The highest BCUT2D eigenvalue weighted by Crippen LogP contribution is 2.51. The van der Waals surface area contributed by atoms with Crippen molar-refractivity contribution in [3.8, 4) is 0 Å². The monoisotopic (exact) mass is 934 g/mol. The number of carbonyl (C=O) groups is 1. The third-order valence-corrected chi connectivity index (χ3v) is 15.1. The molecule has 4 rings (SSSR count). The first-order valence-electron chi connectivity index (χ1n) is 19.6. The molecule has 340 valence electrons. The van der Waals surface area contributed by atoms with Crippen LogP contribution in [0.25, 0.3) is 0 Å². The average Bonchev–Trinajstić information content (AvgIpc) is 3.52. The number of anilines is 1. The maximum absolute atomic E-state index is 12.9. The molecule has 2 unspecified atom stereocenters. The molecule has 2 aliphatic heterocycles. The van der Waals surface area contributed by atoms with Crippen LogP contribution in [0.4, 0.5) is 11.4 Å². The minimum Gasteiger partial charge on any atom is -0.481 e. The smallest absolute Gasteiger partial charge is 0.303 e. The van der Waals surface area contributed by atoms with Crippen LogP contribution in [0.5, 0.6) is 0 Å². The molecule has 61 heavy (non-hydrogen) atoms. The molecule has 2 aromatic carbocycles. The van der Waals surface area contributed by atoms with E-state index in [1.807, 2.05) is 16.4 Å². The number of aliphatic carboxylic acids is 1. The van der Waals surface area contributed by atoms with E-state index in [0.717, 1.165) is 0 Å². The third-order valence-electron chi connectivity index (χ3n) is 11.1. The second kappa shape index (κ2) is 20.3. The highest BCUT2D eigenvalue weighted by atomic mass is 32.2. The maximum Gasteiger partial charge on any atom is 0.303 e. The molecule has 2 heterocycles. The van der Waals surface area contributed by atoms with E-state index in [0.29, 0.717) is 59.7 Å². The Morgan fingerprint density at radius 1 is 0.787 bits per heavy atom. The summed E-state index contributed by atoms with van der Waals surface area (Å²) >= 11 is 0. The van der Waals surface area contributed by atoms with Gasteiger partial charge in [-0.15, -0.1) is 0 Å². The first-order valence-corrected chi connectivity index (χ1v) is 25.7. The number of nitrogens with one attached hydrogen (secondary N) is 1. The van der Waals surface area contributed by atoms with Gasteiger partial charge in [0.1, 0.15) is 6.54 Å². The molecule has 2 aromatic rings. The van der Waals surface area contributed by atoms with E-state index in [1.54, 1.807) is 31.2 Å². The highest BCUT2D eigenvalue weighted by molar-refractivity contribution is 7.89. The number of carboxylic acids is 1. The van der Waals surface area contributed by atoms with Crippen LogP contribution in [0, 0.1) is 0 Å². The van der Waals surface area contributed by atoms with Crippen molar-refractivity contribution in [3.05, 3.63) is 71.5 Å². The van der Waals surface area contributed by atoms with Gasteiger partial charge in [-0.05, 0) is 94.3 Å². The lowest BCUT2D eigenvalue weighted by molar-refractivity contribution is -0.438. The summed E-state index contributed by atoms with van der Waals surface area (Å²) in [4.78, 5) is 12.4. The fourth-order valence-electron chi connectivity index (χ4n) is 8.12. The molecule has 0 bridgehead atoms. The van der Waals surface area contributed by atoms with Crippen molar-refractivity contribution in [2.45, 2.75) is 85.8 Å². The normalized spacial score (nSPS) is 20.2. The lowest BCUT2D eigenvalue weighted by atomic mass is 9.75. The van der Waals surface area contributed by atoms with Crippen LogP contribution in [0.1, 0.15) is 76.3 Å². The van der Waals surface area contributed by atoms with Gasteiger partial charge >= 0.3 is 5.97 Å². The largest absolute Gasteiger partial charge is 0.481 e. The van der Waals surface area contributed by atoms with Gasteiger partial charge in [-0.2, -0.15) is 29.8 Å². The number of nitrogens with zero attached hydrogens (tertiary/aromatic N) is 2. The topological polar surface area (TPSA) is 271 Å². The van der Waals surface area contributed by atoms with Crippen molar-refractivity contribution in [1.82, 2.24) is 4.72 Å². The number of methoxy groups -OCH3 is 2. The molecule has 5 N–H and O–H groups in total. The van der Waals surface area contributed by atoms with E-state index < -0.39 is 62.9 Å². The number of carboxylic acid groups (broad SMARTS) is 1. The van der Waals surface area contributed by atoms with E-state index in [4.69, 9.17) is 9.47 Å². The number of hydrogen-bond donors (Lipinski definition) is 5. The zero-order chi connectivity index (χ0) is 45.4. The van der Waals surface area contributed by atoms with Crippen LogP contribution in [0.15, 0.2) is 70.1 Å². The molecule has 0 radical (unpaired) electrons. The van der Waals surface area contributed by atoms with Crippen LogP contribution in [0.2, 0.25) is 0 Å². The SMILES string of the molecule is COCCNS(=O)(=O)CCCC1(C)C(/C=C/C=C2/N(CCOC)c3ccc(S(=O)(=O)O)cc3C2(C)CCCS(=O)(=O)O)=[N+](CCCCCC(=O)O)c2ccc(S(=O)(=O)O)cc21. The highest BCUT2D eigenvalue weighted by Gasteiger charge is 2.48. The van der Waals surface area contributed by atoms with Crippen molar-refractivity contribution in [2.75, 3.05) is 63.5 Å². The first-order chi connectivity index (χ1) is 28.4. The fourth-order valence-corrected chi connectivity index (χ4v) is 10.7. The minimum absolute atomic E-state index is 0.0240. The second-order valence-corrected chi connectivity index (χ2v) is 21.8. The summed E-state index contributed by atoms with van der Waals surface area (Å²) in [5.74, 6) is -1.77. The van der Waals surface area contributed by atoms with Crippen molar-refractivity contribution < 1.29 is 71.3 Å². The lowest BCUT2D eigenvalue weighted by Gasteiger charge is -2.30. The molecule has 18 nitrogen and oxygen atoms in total. The maximum atomic E-state index is 12.9. The number of unbranched alkanes of at least 4 members (excludes halogenated alkanes) is 2. The van der Waals surface area contributed by atoms with Gasteiger partial charge in [0.25, 0.3) is 30.4 Å². The number of ether oxygens (including phenoxy) is 2. The summed E-state index contributed by atoms with van der Waals surface area (Å²) in [6.07, 6.45) is 7.17. The van der Waals surface area contributed by atoms with Crippen molar-refractivity contribution in [1.29, 1.82) is 0 Å². The number of allylic oxidation sites excluding steroid dienone is 4. The molecular weight excluding hydrogens is 879 g/mol. The lowest BCUT2D eigenvalue weighted by Crippen LogP contribution is -2.34. The molecule has 0 spiro atoms. The molecule has 0 saturated carbocycles. The Morgan fingerprint density at radius 2 is 1.39 bits per heavy atom. The standard InChI is InChI=1S/C39H55N3O15S4/c1-38(18-9-25-58(45,46)40-20-23-56-3)31-27-29(60(50,51)52)14-16-33(31)41(21-7-5-6-13-37(43)44)35(38)11-8-12-36-39(2,19-10-26-59(47,48)49)32-28-30(61(53,54)55)15-17-34(32)42(36)22-24-57-4/h8,11-12,14-17,27-28,40H,5-7,9-10,13,18-26H2,1-4H3,(H3-,43,44,47,48,49,50,51,52,53,54,55)/p+1. The van der Waals surface area contributed by atoms with E-state index in [9.17, 15) is 57.2 Å². The molecule has 0 saturated heterocycles. The molecule has 22 heteroatoms. The quantitative estimate of drug-likeness (QED) is 0.0534. The van der Waals surface area contributed by atoms with Gasteiger partial charge in [0.2, 0.25) is 15.7 Å². The first kappa shape index (κ1) is 50.1. The summed E-state index contributed by atoms with van der Waals surface area (Å²) in [5, 5.41) is 9.20. The Balaban J connectivity index is 1.91. The predicted molar refractivity (Wildman–Crippen MR) is 228 cm³/mol. The summed E-state index contributed by atoms with van der Waals surface area (Å²) in [6, 6.07) is 8.33. The fraction of sp³-hybridized carbons (Fsp3) is 0.538. The number of benzene rings is 2. The molecule has 0 amide bonds. The zero-order valence-electron chi connectivity index (χ0n) is 34.6. The molecule has 2 atom stereocenters. The number of fused-ring (bicyclic) bond motifs is 2.